The third kappa shape index (κ3) is 17.4. The lowest BCUT2D eigenvalue weighted by atomic mass is 9.99. The Hall–Kier alpha value is -7.34. The van der Waals surface area contributed by atoms with Gasteiger partial charge in [0.05, 0.1) is 31.1 Å². The van der Waals surface area contributed by atoms with Crippen LogP contribution < -0.4 is 24.0 Å². The SMILES string of the molecule is CC#Cc1c(F)cc(-c2cc(-c3ccc(N(c4ccc(C)cc4C)c4ccc(OCCCCCCCC)cc4OCCCCCCCC)cc3)c(-c3ccc(N(c4ccc(C)cc4C)c4ccc(OCCCCCCCC)cc4C)cc3)s2)cc1F. The highest BCUT2D eigenvalue weighted by atomic mass is 32.1. The zero-order chi connectivity index (χ0) is 60.8. The Kier molecular flexibility index (Phi) is 24.8. The molecular weight excluding hydrogens is 1080 g/mol. The Labute approximate surface area is 518 Å². The number of nitrogens with zero attached hydrogens (tertiary/aromatic N) is 2. The molecule has 452 valence electrons. The second kappa shape index (κ2) is 33.0. The number of aryl methyl sites for hydroxylation is 5. The molecule has 0 saturated carbocycles. The van der Waals surface area contributed by atoms with Gasteiger partial charge in [-0.25, -0.2) is 8.78 Å². The van der Waals surface area contributed by atoms with E-state index in [-0.39, 0.29) is 5.56 Å². The molecule has 0 amide bonds. The number of anilines is 6. The Balaban J connectivity index is 1.17. The third-order valence-corrected chi connectivity index (χ3v) is 17.4. The van der Waals surface area contributed by atoms with Crippen LogP contribution >= 0.6 is 11.3 Å². The first kappa shape index (κ1) is 64.7. The average Bonchev–Trinajstić information content (AvgIpc) is 2.15. The van der Waals surface area contributed by atoms with Crippen molar-refractivity contribution >= 4 is 45.5 Å². The number of benzene rings is 7. The summed E-state index contributed by atoms with van der Waals surface area (Å²) in [6, 6.07) is 48.2. The number of halogens is 2. The van der Waals surface area contributed by atoms with E-state index in [4.69, 9.17) is 14.2 Å². The lowest BCUT2D eigenvalue weighted by Crippen LogP contribution is -2.14. The summed E-state index contributed by atoms with van der Waals surface area (Å²) in [5, 5.41) is 0. The van der Waals surface area contributed by atoms with Crippen molar-refractivity contribution in [1.29, 1.82) is 0 Å². The van der Waals surface area contributed by atoms with Crippen LogP contribution in [0.3, 0.4) is 0 Å². The highest BCUT2D eigenvalue weighted by Gasteiger charge is 2.24. The number of rotatable bonds is 33. The van der Waals surface area contributed by atoms with E-state index in [2.05, 4.69) is 204 Å². The van der Waals surface area contributed by atoms with Gasteiger partial charge in [-0.2, -0.15) is 0 Å². The van der Waals surface area contributed by atoms with E-state index in [1.807, 2.05) is 0 Å². The van der Waals surface area contributed by atoms with Crippen LogP contribution in [0.25, 0.3) is 32.0 Å². The molecule has 0 N–H and O–H groups in total. The van der Waals surface area contributed by atoms with E-state index in [0.717, 1.165) is 121 Å². The van der Waals surface area contributed by atoms with Gasteiger partial charge in [-0.05, 0) is 179 Å². The van der Waals surface area contributed by atoms with Gasteiger partial charge in [-0.3, -0.25) is 0 Å². The molecule has 8 rings (SSSR count). The van der Waals surface area contributed by atoms with Crippen molar-refractivity contribution in [2.45, 2.75) is 178 Å². The number of hydrogen-bond donors (Lipinski definition) is 0. The monoisotopic (exact) mass is 1170 g/mol. The maximum absolute atomic E-state index is 15.7. The maximum atomic E-state index is 15.7. The molecule has 0 unspecified atom stereocenters. The topological polar surface area (TPSA) is 34.2 Å². The first-order valence-electron chi connectivity index (χ1n) is 32.1. The fraction of sp³-hybridized carbons (Fsp3) is 0.385. The molecule has 0 fully saturated rings. The molecule has 1 aromatic heterocycles. The minimum Gasteiger partial charge on any atom is -0.494 e. The van der Waals surface area contributed by atoms with Crippen LogP contribution in [0.2, 0.25) is 0 Å². The van der Waals surface area contributed by atoms with Crippen LogP contribution in [0.15, 0.2) is 140 Å². The van der Waals surface area contributed by atoms with Crippen LogP contribution in [-0.2, 0) is 0 Å². The molecule has 0 spiro atoms. The first-order chi connectivity index (χ1) is 41.9. The van der Waals surface area contributed by atoms with E-state index in [0.29, 0.717) is 25.4 Å². The van der Waals surface area contributed by atoms with Crippen molar-refractivity contribution in [2.75, 3.05) is 29.6 Å². The minimum absolute atomic E-state index is 0.224. The summed E-state index contributed by atoms with van der Waals surface area (Å²) < 4.78 is 51.1. The molecule has 7 aromatic carbocycles. The molecule has 5 nitrogen and oxygen atoms in total. The smallest absolute Gasteiger partial charge is 0.146 e. The maximum Gasteiger partial charge on any atom is 0.146 e. The van der Waals surface area contributed by atoms with Crippen LogP contribution in [0.4, 0.5) is 42.9 Å². The number of hydrogen-bond acceptors (Lipinski definition) is 6. The number of ether oxygens (including phenoxy) is 3. The van der Waals surface area contributed by atoms with Crippen molar-refractivity contribution < 1.29 is 23.0 Å². The molecule has 0 radical (unpaired) electrons. The van der Waals surface area contributed by atoms with Gasteiger partial charge in [0, 0.05) is 49.8 Å². The van der Waals surface area contributed by atoms with Crippen molar-refractivity contribution in [3.63, 3.8) is 0 Å². The summed E-state index contributed by atoms with van der Waals surface area (Å²) in [6.07, 6.45) is 21.5. The molecule has 0 bridgehead atoms. The predicted octanol–water partition coefficient (Wildman–Crippen LogP) is 24.1. The van der Waals surface area contributed by atoms with Crippen molar-refractivity contribution in [3.05, 3.63) is 185 Å². The molecular formula is C78H92F2N2O3S. The van der Waals surface area contributed by atoms with Gasteiger partial charge >= 0.3 is 0 Å². The van der Waals surface area contributed by atoms with Crippen molar-refractivity contribution in [1.82, 2.24) is 0 Å². The summed E-state index contributed by atoms with van der Waals surface area (Å²) in [6.45, 7) is 21.1. The Morgan fingerprint density at radius 3 is 1.30 bits per heavy atom. The molecule has 0 aliphatic carbocycles. The molecule has 86 heavy (non-hydrogen) atoms. The molecule has 8 heteroatoms. The Morgan fingerprint density at radius 2 is 0.826 bits per heavy atom. The van der Waals surface area contributed by atoms with Gasteiger partial charge in [0.15, 0.2) is 0 Å². The van der Waals surface area contributed by atoms with E-state index in [9.17, 15) is 0 Å². The van der Waals surface area contributed by atoms with E-state index >= 15 is 8.78 Å². The summed E-state index contributed by atoms with van der Waals surface area (Å²) in [7, 11) is 0. The Bertz CT molecular complexity index is 3480. The summed E-state index contributed by atoms with van der Waals surface area (Å²) in [5.74, 6) is 6.39. The van der Waals surface area contributed by atoms with E-state index in [1.54, 1.807) is 6.92 Å². The number of unbranched alkanes of at least 4 members (excludes halogenated alkanes) is 15. The van der Waals surface area contributed by atoms with Gasteiger partial charge in [0.25, 0.3) is 0 Å². The second-order valence-corrected chi connectivity index (χ2v) is 24.4. The summed E-state index contributed by atoms with van der Waals surface area (Å²) in [5.41, 5.74) is 15.0. The molecule has 0 atom stereocenters. The third-order valence-electron chi connectivity index (χ3n) is 16.2. The standard InChI is InChI=1S/C78H92F2N2O3S/c1-10-14-17-20-23-26-46-83-66-40-44-74(60(9)51-66)81(72-42-30-56(5)49-58(72)7)64-38-34-62(35-39-64)78-69(55-77(86-78)63-52-70(79)68(29-13-4)71(80)53-63)61-32-36-65(37-33-61)82(73-43-31-57(6)50-59(73)8)75-45-41-67(84-47-27-24-21-18-15-11-2)54-76(75)85-48-28-25-22-19-16-12-3/h30-45,49-55H,10-12,14-28,46-48H2,1-9H3. The van der Waals surface area contributed by atoms with Crippen molar-refractivity contribution in [3.8, 4) is 61.1 Å². The van der Waals surface area contributed by atoms with Crippen molar-refractivity contribution in [2.24, 2.45) is 0 Å². The molecule has 0 aliphatic rings. The minimum atomic E-state index is -0.682. The zero-order valence-corrected chi connectivity index (χ0v) is 53.7. The Morgan fingerprint density at radius 1 is 0.407 bits per heavy atom. The van der Waals surface area contributed by atoms with Crippen LogP contribution in [-0.4, -0.2) is 19.8 Å². The predicted molar refractivity (Wildman–Crippen MR) is 363 cm³/mol. The van der Waals surface area contributed by atoms with Gasteiger partial charge in [0.2, 0.25) is 0 Å². The van der Waals surface area contributed by atoms with E-state index in [1.165, 1.54) is 124 Å². The molecule has 0 saturated heterocycles. The van der Waals surface area contributed by atoms with Crippen LogP contribution in [0.5, 0.6) is 17.2 Å². The highest BCUT2D eigenvalue weighted by Crippen LogP contribution is 2.48. The quantitative estimate of drug-likeness (QED) is 0.0302. The average molecular weight is 1180 g/mol. The van der Waals surface area contributed by atoms with E-state index < -0.39 is 11.6 Å². The lowest BCUT2D eigenvalue weighted by molar-refractivity contribution is 0.290. The number of thiophene rings is 1. The van der Waals surface area contributed by atoms with Gasteiger partial charge in [-0.1, -0.05) is 183 Å². The molecule has 0 aliphatic heterocycles. The summed E-state index contributed by atoms with van der Waals surface area (Å²) >= 11 is 1.53. The van der Waals surface area contributed by atoms with Gasteiger partial charge < -0.3 is 24.0 Å². The van der Waals surface area contributed by atoms with Gasteiger partial charge in [-0.15, -0.1) is 17.3 Å². The van der Waals surface area contributed by atoms with Gasteiger partial charge in [0.1, 0.15) is 28.9 Å². The summed E-state index contributed by atoms with van der Waals surface area (Å²) in [4.78, 5) is 6.36. The highest BCUT2D eigenvalue weighted by molar-refractivity contribution is 7.19. The van der Waals surface area contributed by atoms with Crippen LogP contribution in [0, 0.1) is 58.1 Å². The van der Waals surface area contributed by atoms with Crippen LogP contribution in [0.1, 0.15) is 177 Å². The fourth-order valence-electron chi connectivity index (χ4n) is 11.5. The molecule has 8 aromatic rings. The first-order valence-corrected chi connectivity index (χ1v) is 32.9. The second-order valence-electron chi connectivity index (χ2n) is 23.3. The fourth-order valence-corrected chi connectivity index (χ4v) is 12.6. The molecule has 1 heterocycles. The largest absolute Gasteiger partial charge is 0.494 e. The normalized spacial score (nSPS) is 11.2. The lowest BCUT2D eigenvalue weighted by Gasteiger charge is -2.29. The zero-order valence-electron chi connectivity index (χ0n) is 52.9.